The zero-order valence-corrected chi connectivity index (χ0v) is 8.41. The number of benzene rings is 1. The Balaban J connectivity index is 0.000000128. The van der Waals surface area contributed by atoms with Crippen molar-refractivity contribution in [1.29, 1.82) is 0 Å². The Morgan fingerprint density at radius 3 is 1.79 bits per heavy atom. The Hall–Kier alpha value is -1.54. The molecule has 14 heavy (non-hydrogen) atoms. The number of thiophene rings is 1. The van der Waals surface area contributed by atoms with E-state index in [1.54, 1.807) is 23.9 Å². The van der Waals surface area contributed by atoms with Gasteiger partial charge in [0.25, 0.3) is 0 Å². The fourth-order valence-electron chi connectivity index (χ4n) is 1.13. The van der Waals surface area contributed by atoms with Crippen LogP contribution in [0.4, 0.5) is 0 Å². The van der Waals surface area contributed by atoms with Crippen molar-refractivity contribution in [2.45, 2.75) is 0 Å². The maximum atomic E-state index is 4.96. The zero-order chi connectivity index (χ0) is 9.64. The van der Waals surface area contributed by atoms with Crippen molar-refractivity contribution in [3.63, 3.8) is 0 Å². The van der Waals surface area contributed by atoms with Crippen LogP contribution in [0.15, 0.2) is 64.1 Å². The average molecular weight is 202 g/mol. The average Bonchev–Trinajstić information content (AvgIpc) is 2.92. The largest absolute Gasteiger partial charge is 0.471 e. The van der Waals surface area contributed by atoms with Gasteiger partial charge in [-0.15, -0.1) is 0 Å². The first-order valence-corrected chi connectivity index (χ1v) is 5.29. The van der Waals surface area contributed by atoms with Gasteiger partial charge in [0.1, 0.15) is 0 Å². The molecule has 0 N–H and O–H groups in total. The van der Waals surface area contributed by atoms with E-state index in [0.29, 0.717) is 0 Å². The Bertz CT molecular complexity index is 420. The highest BCUT2D eigenvalue weighted by Gasteiger charge is 1.89. The molecule has 0 unspecified atom stereocenters. The van der Waals surface area contributed by atoms with Gasteiger partial charge in [0, 0.05) is 10.8 Å². The van der Waals surface area contributed by atoms with Gasteiger partial charge in [-0.25, -0.2) is 0 Å². The number of hydrogen-bond acceptors (Lipinski definition) is 2. The molecular formula is C12H10OS. The molecule has 0 atom stereocenters. The SMILES string of the molecule is c1ccc2cocc2c1.c1ccsc1. The van der Waals surface area contributed by atoms with E-state index in [-0.39, 0.29) is 0 Å². The van der Waals surface area contributed by atoms with Crippen molar-refractivity contribution in [2.24, 2.45) is 0 Å². The van der Waals surface area contributed by atoms with Crippen LogP contribution in [0.5, 0.6) is 0 Å². The molecule has 2 heterocycles. The summed E-state index contributed by atoms with van der Waals surface area (Å²) in [6.07, 6.45) is 3.49. The predicted octanol–water partition coefficient (Wildman–Crippen LogP) is 4.18. The molecule has 70 valence electrons. The summed E-state index contributed by atoms with van der Waals surface area (Å²) in [4.78, 5) is 0. The molecule has 1 aromatic carbocycles. The first-order chi connectivity index (χ1) is 6.97. The van der Waals surface area contributed by atoms with E-state index in [4.69, 9.17) is 4.42 Å². The normalized spacial score (nSPS) is 9.43. The first kappa shape index (κ1) is 9.03. The lowest BCUT2D eigenvalue weighted by molar-refractivity contribution is 0.572. The van der Waals surface area contributed by atoms with Crippen LogP contribution in [0.25, 0.3) is 10.8 Å². The van der Waals surface area contributed by atoms with E-state index in [1.165, 1.54) is 0 Å². The van der Waals surface area contributed by atoms with Crippen LogP contribution in [0.3, 0.4) is 0 Å². The summed E-state index contributed by atoms with van der Waals surface area (Å²) in [5.41, 5.74) is 0. The first-order valence-electron chi connectivity index (χ1n) is 4.35. The van der Waals surface area contributed by atoms with Gasteiger partial charge in [-0.3, -0.25) is 0 Å². The molecule has 0 saturated carbocycles. The molecule has 3 rings (SSSR count). The van der Waals surface area contributed by atoms with Crippen LogP contribution in [-0.4, -0.2) is 0 Å². The van der Waals surface area contributed by atoms with Gasteiger partial charge in [-0.05, 0) is 10.8 Å². The van der Waals surface area contributed by atoms with Crippen LogP contribution in [-0.2, 0) is 0 Å². The Morgan fingerprint density at radius 2 is 1.36 bits per heavy atom. The van der Waals surface area contributed by atoms with Gasteiger partial charge in [0.2, 0.25) is 0 Å². The Labute approximate surface area is 86.6 Å². The van der Waals surface area contributed by atoms with E-state index in [1.807, 2.05) is 47.2 Å². The summed E-state index contributed by atoms with van der Waals surface area (Å²) >= 11 is 1.71. The highest BCUT2D eigenvalue weighted by Crippen LogP contribution is 2.12. The molecular weight excluding hydrogens is 192 g/mol. The summed E-state index contributed by atoms with van der Waals surface area (Å²) in [5, 5.41) is 6.41. The van der Waals surface area contributed by atoms with Gasteiger partial charge >= 0.3 is 0 Å². The van der Waals surface area contributed by atoms with Gasteiger partial charge in [0.05, 0.1) is 12.5 Å². The number of furan rings is 1. The lowest BCUT2D eigenvalue weighted by atomic mass is 10.2. The number of hydrogen-bond donors (Lipinski definition) is 0. The van der Waals surface area contributed by atoms with Crippen molar-refractivity contribution in [3.8, 4) is 0 Å². The smallest absolute Gasteiger partial charge is 0.0981 e. The molecule has 0 radical (unpaired) electrons. The second-order valence-corrected chi connectivity index (χ2v) is 3.61. The van der Waals surface area contributed by atoms with E-state index in [9.17, 15) is 0 Å². The molecule has 0 bridgehead atoms. The van der Waals surface area contributed by atoms with E-state index in [0.717, 1.165) is 10.8 Å². The zero-order valence-electron chi connectivity index (χ0n) is 7.59. The van der Waals surface area contributed by atoms with Gasteiger partial charge in [0.15, 0.2) is 0 Å². The minimum Gasteiger partial charge on any atom is -0.471 e. The molecule has 2 aromatic heterocycles. The topological polar surface area (TPSA) is 13.1 Å². The van der Waals surface area contributed by atoms with Gasteiger partial charge in [-0.1, -0.05) is 36.4 Å². The van der Waals surface area contributed by atoms with Crippen molar-refractivity contribution < 1.29 is 4.42 Å². The molecule has 2 heteroatoms. The fraction of sp³-hybridized carbons (Fsp3) is 0. The third-order valence-corrected chi connectivity index (χ3v) is 2.44. The third-order valence-electron chi connectivity index (χ3n) is 1.81. The van der Waals surface area contributed by atoms with Crippen molar-refractivity contribution in [1.82, 2.24) is 0 Å². The monoisotopic (exact) mass is 202 g/mol. The quantitative estimate of drug-likeness (QED) is 0.533. The van der Waals surface area contributed by atoms with Crippen molar-refractivity contribution in [3.05, 3.63) is 59.7 Å². The van der Waals surface area contributed by atoms with Crippen LogP contribution in [0, 0.1) is 0 Å². The lowest BCUT2D eigenvalue weighted by Gasteiger charge is -1.80. The summed E-state index contributed by atoms with van der Waals surface area (Å²) in [5.74, 6) is 0. The minimum absolute atomic E-state index is 1.16. The second-order valence-electron chi connectivity index (χ2n) is 2.79. The van der Waals surface area contributed by atoms with Crippen LogP contribution >= 0.6 is 11.3 Å². The highest BCUT2D eigenvalue weighted by atomic mass is 32.1. The lowest BCUT2D eigenvalue weighted by Crippen LogP contribution is -1.57. The molecule has 0 aliphatic carbocycles. The van der Waals surface area contributed by atoms with Crippen LogP contribution in [0.2, 0.25) is 0 Å². The summed E-state index contributed by atoms with van der Waals surface area (Å²) in [6.45, 7) is 0. The molecule has 0 spiro atoms. The molecule has 0 aliphatic heterocycles. The molecule has 0 saturated heterocycles. The fourth-order valence-corrected chi connectivity index (χ4v) is 1.59. The maximum absolute atomic E-state index is 4.96. The Kier molecular flexibility index (Phi) is 2.99. The predicted molar refractivity (Wildman–Crippen MR) is 60.5 cm³/mol. The molecule has 1 nitrogen and oxygen atoms in total. The second kappa shape index (κ2) is 4.63. The maximum Gasteiger partial charge on any atom is 0.0981 e. The highest BCUT2D eigenvalue weighted by molar-refractivity contribution is 7.07. The minimum atomic E-state index is 1.16. The van der Waals surface area contributed by atoms with Crippen LogP contribution < -0.4 is 0 Å². The third kappa shape index (κ3) is 2.24. The molecule has 0 amide bonds. The molecule has 0 aliphatic rings. The summed E-state index contributed by atoms with van der Waals surface area (Å²) < 4.78 is 4.96. The van der Waals surface area contributed by atoms with E-state index < -0.39 is 0 Å². The van der Waals surface area contributed by atoms with Crippen LogP contribution in [0.1, 0.15) is 0 Å². The molecule has 3 aromatic rings. The standard InChI is InChI=1S/C8H6O.C4H4S/c1-2-4-8-6-9-5-7(8)3-1;1-2-4-5-3-1/h1-6H;1-4H. The van der Waals surface area contributed by atoms with Crippen molar-refractivity contribution in [2.75, 3.05) is 0 Å². The number of rotatable bonds is 0. The number of fused-ring (bicyclic) bond motifs is 1. The summed E-state index contributed by atoms with van der Waals surface area (Å²) in [7, 11) is 0. The van der Waals surface area contributed by atoms with E-state index in [2.05, 4.69) is 0 Å². The molecule has 0 fully saturated rings. The van der Waals surface area contributed by atoms with Crippen molar-refractivity contribution >= 4 is 22.1 Å². The van der Waals surface area contributed by atoms with E-state index >= 15 is 0 Å². The van der Waals surface area contributed by atoms with Gasteiger partial charge in [-0.2, -0.15) is 11.3 Å². The summed E-state index contributed by atoms with van der Waals surface area (Å²) in [6, 6.07) is 12.1. The Morgan fingerprint density at radius 1 is 0.786 bits per heavy atom. The van der Waals surface area contributed by atoms with Gasteiger partial charge < -0.3 is 4.42 Å².